The molecule has 1 fully saturated rings. The monoisotopic (exact) mass is 249 g/mol. The van der Waals surface area contributed by atoms with Crippen LogP contribution >= 0.6 is 0 Å². The van der Waals surface area contributed by atoms with Crippen molar-refractivity contribution in [3.8, 4) is 0 Å². The van der Waals surface area contributed by atoms with Crippen LogP contribution in [0.5, 0.6) is 0 Å². The predicted octanol–water partition coefficient (Wildman–Crippen LogP) is 0.0585. The van der Waals surface area contributed by atoms with Gasteiger partial charge in [0.1, 0.15) is 0 Å². The molecular formula is C10H19NO4S. The third-order valence-electron chi connectivity index (χ3n) is 2.77. The third-order valence-corrected chi connectivity index (χ3v) is 4.38. The number of sulfone groups is 1. The summed E-state index contributed by atoms with van der Waals surface area (Å²) < 4.78 is 27.3. The Labute approximate surface area is 96.7 Å². The molecule has 0 amide bonds. The molecule has 0 N–H and O–H groups in total. The van der Waals surface area contributed by atoms with Crippen LogP contribution < -0.4 is 0 Å². The number of carbonyl (C=O) groups excluding carboxylic acids is 1. The van der Waals surface area contributed by atoms with Gasteiger partial charge in [-0.15, -0.1) is 0 Å². The fourth-order valence-electron chi connectivity index (χ4n) is 1.76. The molecule has 94 valence electrons. The second kappa shape index (κ2) is 5.63. The van der Waals surface area contributed by atoms with Gasteiger partial charge in [-0.05, 0) is 13.8 Å². The smallest absolute Gasteiger partial charge is 0.307 e. The zero-order chi connectivity index (χ0) is 12.2. The van der Waals surface area contributed by atoms with Crippen molar-refractivity contribution in [1.82, 2.24) is 4.90 Å². The Balaban J connectivity index is 2.38. The maximum atomic E-state index is 11.3. The largest absolute Gasteiger partial charge is 0.466 e. The van der Waals surface area contributed by atoms with E-state index in [1.807, 2.05) is 11.8 Å². The lowest BCUT2D eigenvalue weighted by molar-refractivity contribution is -0.144. The van der Waals surface area contributed by atoms with E-state index in [4.69, 9.17) is 4.74 Å². The first-order valence-corrected chi connectivity index (χ1v) is 7.37. The lowest BCUT2D eigenvalue weighted by Gasteiger charge is -2.31. The van der Waals surface area contributed by atoms with E-state index in [-0.39, 0.29) is 23.5 Å². The maximum absolute atomic E-state index is 11.3. The van der Waals surface area contributed by atoms with E-state index in [2.05, 4.69) is 0 Å². The van der Waals surface area contributed by atoms with Crippen molar-refractivity contribution in [1.29, 1.82) is 0 Å². The number of carbonyl (C=O) groups is 1. The second-order valence-corrected chi connectivity index (χ2v) is 6.35. The zero-order valence-corrected chi connectivity index (χ0v) is 10.6. The second-order valence-electron chi connectivity index (χ2n) is 4.05. The molecule has 1 atom stereocenters. The van der Waals surface area contributed by atoms with E-state index < -0.39 is 9.84 Å². The van der Waals surface area contributed by atoms with Gasteiger partial charge in [0.15, 0.2) is 9.84 Å². The van der Waals surface area contributed by atoms with Crippen LogP contribution in [0.25, 0.3) is 0 Å². The number of rotatable bonds is 4. The molecule has 0 bridgehead atoms. The Kier molecular flexibility index (Phi) is 4.73. The highest BCUT2D eigenvalue weighted by Crippen LogP contribution is 2.10. The molecule has 1 unspecified atom stereocenters. The maximum Gasteiger partial charge on any atom is 0.307 e. The lowest BCUT2D eigenvalue weighted by Crippen LogP contribution is -2.45. The summed E-state index contributed by atoms with van der Waals surface area (Å²) in [6, 6.07) is 0.0505. The van der Waals surface area contributed by atoms with Crippen LogP contribution in [0.1, 0.15) is 20.3 Å². The molecule has 5 nitrogen and oxygen atoms in total. The van der Waals surface area contributed by atoms with Crippen molar-refractivity contribution in [2.75, 3.05) is 31.2 Å². The topological polar surface area (TPSA) is 63.7 Å². The SMILES string of the molecule is CCOC(=O)CC(C)N1CCS(=O)(=O)CC1. The molecule has 0 aromatic carbocycles. The summed E-state index contributed by atoms with van der Waals surface area (Å²) >= 11 is 0. The van der Waals surface area contributed by atoms with E-state index in [1.54, 1.807) is 6.92 Å². The highest BCUT2D eigenvalue weighted by molar-refractivity contribution is 7.91. The van der Waals surface area contributed by atoms with Crippen LogP contribution in [0, 0.1) is 0 Å². The number of hydrogen-bond acceptors (Lipinski definition) is 5. The fourth-order valence-corrected chi connectivity index (χ4v) is 2.99. The fraction of sp³-hybridized carbons (Fsp3) is 0.900. The lowest BCUT2D eigenvalue weighted by atomic mass is 10.2. The van der Waals surface area contributed by atoms with Gasteiger partial charge in [-0.1, -0.05) is 0 Å². The molecular weight excluding hydrogens is 230 g/mol. The molecule has 1 aliphatic heterocycles. The van der Waals surface area contributed by atoms with Crippen LogP contribution in [0.15, 0.2) is 0 Å². The standard InChI is InChI=1S/C10H19NO4S/c1-3-15-10(12)8-9(2)11-4-6-16(13,14)7-5-11/h9H,3-8H2,1-2H3. The molecule has 6 heteroatoms. The summed E-state index contributed by atoms with van der Waals surface area (Å²) in [4.78, 5) is 13.3. The summed E-state index contributed by atoms with van der Waals surface area (Å²) in [6.45, 7) is 5.12. The normalized spacial score (nSPS) is 22.6. The van der Waals surface area contributed by atoms with Gasteiger partial charge in [-0.25, -0.2) is 8.42 Å². The van der Waals surface area contributed by atoms with Gasteiger partial charge in [0, 0.05) is 19.1 Å². The minimum atomic E-state index is -2.85. The Morgan fingerprint density at radius 3 is 2.44 bits per heavy atom. The van der Waals surface area contributed by atoms with Gasteiger partial charge in [-0.3, -0.25) is 9.69 Å². The Morgan fingerprint density at radius 1 is 1.38 bits per heavy atom. The van der Waals surface area contributed by atoms with E-state index in [0.29, 0.717) is 26.1 Å². The van der Waals surface area contributed by atoms with Crippen molar-refractivity contribution < 1.29 is 17.9 Å². The van der Waals surface area contributed by atoms with Crippen molar-refractivity contribution in [2.24, 2.45) is 0 Å². The van der Waals surface area contributed by atoms with Crippen LogP contribution in [0.4, 0.5) is 0 Å². The van der Waals surface area contributed by atoms with Crippen molar-refractivity contribution in [3.63, 3.8) is 0 Å². The highest BCUT2D eigenvalue weighted by atomic mass is 32.2. The zero-order valence-electron chi connectivity index (χ0n) is 9.81. The Hall–Kier alpha value is -0.620. The molecule has 1 saturated heterocycles. The van der Waals surface area contributed by atoms with Gasteiger partial charge in [0.05, 0.1) is 24.5 Å². The molecule has 0 aromatic rings. The van der Waals surface area contributed by atoms with E-state index in [1.165, 1.54) is 0 Å². The molecule has 16 heavy (non-hydrogen) atoms. The Morgan fingerprint density at radius 2 is 1.94 bits per heavy atom. The van der Waals surface area contributed by atoms with Crippen LogP contribution in [-0.2, 0) is 19.4 Å². The van der Waals surface area contributed by atoms with Crippen molar-refractivity contribution in [3.05, 3.63) is 0 Å². The predicted molar refractivity (Wildman–Crippen MR) is 60.9 cm³/mol. The molecule has 1 rings (SSSR count). The first-order valence-electron chi connectivity index (χ1n) is 5.54. The average molecular weight is 249 g/mol. The van der Waals surface area contributed by atoms with E-state index >= 15 is 0 Å². The summed E-state index contributed by atoms with van der Waals surface area (Å²) in [6.07, 6.45) is 0.327. The summed E-state index contributed by atoms with van der Waals surface area (Å²) in [5.74, 6) is 0.170. The first-order chi connectivity index (χ1) is 7.44. The molecule has 0 aromatic heterocycles. The van der Waals surface area contributed by atoms with Gasteiger partial charge in [0.2, 0.25) is 0 Å². The van der Waals surface area contributed by atoms with Gasteiger partial charge in [0.25, 0.3) is 0 Å². The molecule has 0 saturated carbocycles. The molecule has 0 radical (unpaired) electrons. The molecule has 0 spiro atoms. The minimum absolute atomic E-state index is 0.0505. The summed E-state index contributed by atoms with van der Waals surface area (Å²) in [5.41, 5.74) is 0. The summed E-state index contributed by atoms with van der Waals surface area (Å²) in [5, 5.41) is 0. The summed E-state index contributed by atoms with van der Waals surface area (Å²) in [7, 11) is -2.85. The van der Waals surface area contributed by atoms with Crippen LogP contribution in [-0.4, -0.2) is 56.5 Å². The van der Waals surface area contributed by atoms with Crippen LogP contribution in [0.2, 0.25) is 0 Å². The molecule has 1 heterocycles. The van der Waals surface area contributed by atoms with Crippen molar-refractivity contribution in [2.45, 2.75) is 26.3 Å². The molecule has 0 aliphatic carbocycles. The Bertz CT molecular complexity index is 325. The van der Waals surface area contributed by atoms with Crippen molar-refractivity contribution >= 4 is 15.8 Å². The quantitative estimate of drug-likeness (QED) is 0.659. The van der Waals surface area contributed by atoms with E-state index in [0.717, 1.165) is 0 Å². The number of hydrogen-bond donors (Lipinski definition) is 0. The van der Waals surface area contributed by atoms with Gasteiger partial charge in [-0.2, -0.15) is 0 Å². The highest BCUT2D eigenvalue weighted by Gasteiger charge is 2.26. The van der Waals surface area contributed by atoms with Gasteiger partial charge >= 0.3 is 5.97 Å². The number of ether oxygens (including phenoxy) is 1. The first kappa shape index (κ1) is 13.4. The molecule has 1 aliphatic rings. The number of esters is 1. The van der Waals surface area contributed by atoms with E-state index in [9.17, 15) is 13.2 Å². The average Bonchev–Trinajstić information content (AvgIpc) is 2.17. The third kappa shape index (κ3) is 4.09. The van der Waals surface area contributed by atoms with Crippen LogP contribution in [0.3, 0.4) is 0 Å². The minimum Gasteiger partial charge on any atom is -0.466 e. The van der Waals surface area contributed by atoms with Gasteiger partial charge < -0.3 is 4.74 Å². The number of nitrogens with zero attached hydrogens (tertiary/aromatic N) is 1.